The summed E-state index contributed by atoms with van der Waals surface area (Å²) in [6, 6.07) is 6.25. The molecule has 8 nitrogen and oxygen atoms in total. The summed E-state index contributed by atoms with van der Waals surface area (Å²) in [6.07, 6.45) is 7.94. The first-order chi connectivity index (χ1) is 21.7. The lowest BCUT2D eigenvalue weighted by Crippen LogP contribution is -2.45. The molecule has 4 aromatic rings. The van der Waals surface area contributed by atoms with Crippen LogP contribution < -0.4 is 9.64 Å². The minimum absolute atomic E-state index is 0.0125. The fraction of sp³-hybridized carbons (Fsp3) is 0.514. The van der Waals surface area contributed by atoms with E-state index >= 15 is 4.39 Å². The van der Waals surface area contributed by atoms with E-state index in [2.05, 4.69) is 26.7 Å². The number of piperidine rings is 1. The van der Waals surface area contributed by atoms with Crippen LogP contribution in [0.1, 0.15) is 64.4 Å². The van der Waals surface area contributed by atoms with Gasteiger partial charge in [0.2, 0.25) is 0 Å². The summed E-state index contributed by atoms with van der Waals surface area (Å²) in [6.45, 7) is 6.66. The molecular formula is C35H39F2N5O3. The van der Waals surface area contributed by atoms with E-state index in [4.69, 9.17) is 9.72 Å². The van der Waals surface area contributed by atoms with E-state index in [1.165, 1.54) is 12.1 Å². The number of phenolic OH excluding ortho intramolecular Hbond substituents is 1. The Hall–Kier alpha value is -3.63. The van der Waals surface area contributed by atoms with Gasteiger partial charge in [0.15, 0.2) is 5.82 Å². The predicted molar refractivity (Wildman–Crippen MR) is 169 cm³/mol. The Morgan fingerprint density at radius 2 is 1.91 bits per heavy atom. The van der Waals surface area contributed by atoms with E-state index in [-0.39, 0.29) is 52.5 Å². The van der Waals surface area contributed by atoms with Gasteiger partial charge in [-0.1, -0.05) is 19.9 Å². The Balaban J connectivity index is 1.29. The molecule has 2 N–H and O–H groups in total. The number of halogens is 2. The number of phenols is 1. The zero-order chi connectivity index (χ0) is 31.0. The highest BCUT2D eigenvalue weighted by atomic mass is 19.1. The van der Waals surface area contributed by atoms with Gasteiger partial charge in [-0.2, -0.15) is 9.97 Å². The fourth-order valence-corrected chi connectivity index (χ4v) is 9.02. The van der Waals surface area contributed by atoms with Gasteiger partial charge in [-0.3, -0.25) is 9.88 Å². The molecule has 236 valence electrons. The number of aromatic hydroxyl groups is 1. The molecule has 0 unspecified atom stereocenters. The number of aromatic nitrogens is 3. The van der Waals surface area contributed by atoms with Gasteiger partial charge in [0.05, 0.1) is 17.0 Å². The number of nitrogens with zero attached hydrogens (tertiary/aromatic N) is 5. The fourth-order valence-electron chi connectivity index (χ4n) is 9.02. The molecule has 0 spiro atoms. The monoisotopic (exact) mass is 615 g/mol. The van der Waals surface area contributed by atoms with E-state index in [1.807, 2.05) is 6.92 Å². The van der Waals surface area contributed by atoms with Crippen LogP contribution in [0.4, 0.5) is 14.6 Å². The minimum atomic E-state index is -0.668. The number of aliphatic hydroxyl groups is 1. The topological polar surface area (TPSA) is 94.8 Å². The number of pyridine rings is 1. The Labute approximate surface area is 261 Å². The smallest absolute Gasteiger partial charge is 0.319 e. The van der Waals surface area contributed by atoms with Crippen molar-refractivity contribution in [3.8, 4) is 23.0 Å². The SMILES string of the molecule is CCc1c(F)ccc2cc(O)cc(-c3ncc4c(N5[C@@H]6CC[C@H]5C[C@@H](O)C6)nc(OC[C@@]56CCCN5C[C@H](C)C6)nc4c3F)c12. The molecular weight excluding hydrogens is 576 g/mol. The van der Waals surface area contributed by atoms with Crippen LogP contribution >= 0.6 is 0 Å². The van der Waals surface area contributed by atoms with Crippen molar-refractivity contribution in [3.05, 3.63) is 47.7 Å². The summed E-state index contributed by atoms with van der Waals surface area (Å²) >= 11 is 0. The molecule has 4 fully saturated rings. The normalized spacial score (nSPS) is 28.0. The number of ether oxygens (including phenoxy) is 1. The molecule has 4 saturated heterocycles. The van der Waals surface area contributed by atoms with Crippen molar-refractivity contribution in [2.45, 2.75) is 88.9 Å². The summed E-state index contributed by atoms with van der Waals surface area (Å²) in [5.74, 6) is 0.0448. The molecule has 10 heteroatoms. The number of anilines is 1. The van der Waals surface area contributed by atoms with E-state index in [1.54, 1.807) is 18.3 Å². The molecule has 0 aliphatic carbocycles. The van der Waals surface area contributed by atoms with Crippen LogP contribution in [0.3, 0.4) is 0 Å². The van der Waals surface area contributed by atoms with Crippen molar-refractivity contribution in [1.29, 1.82) is 0 Å². The molecule has 6 heterocycles. The highest BCUT2D eigenvalue weighted by Gasteiger charge is 2.48. The molecule has 5 atom stereocenters. The first kappa shape index (κ1) is 28.8. The third-order valence-corrected chi connectivity index (χ3v) is 10.8. The zero-order valence-corrected chi connectivity index (χ0v) is 25.8. The average molecular weight is 616 g/mol. The van der Waals surface area contributed by atoms with Crippen molar-refractivity contribution in [1.82, 2.24) is 19.9 Å². The number of aliphatic hydroxyl groups excluding tert-OH is 1. The summed E-state index contributed by atoms with van der Waals surface area (Å²) in [5.41, 5.74) is 0.754. The number of hydrogen-bond donors (Lipinski definition) is 2. The molecule has 45 heavy (non-hydrogen) atoms. The molecule has 2 bridgehead atoms. The van der Waals surface area contributed by atoms with Crippen molar-refractivity contribution in [3.63, 3.8) is 0 Å². The van der Waals surface area contributed by atoms with Crippen molar-refractivity contribution < 1.29 is 23.7 Å². The number of benzene rings is 2. The summed E-state index contributed by atoms with van der Waals surface area (Å²) in [5, 5.41) is 22.7. The number of fused-ring (bicyclic) bond motifs is 5. The minimum Gasteiger partial charge on any atom is -0.508 e. The first-order valence-corrected chi connectivity index (χ1v) is 16.4. The van der Waals surface area contributed by atoms with E-state index in [0.717, 1.165) is 45.2 Å². The average Bonchev–Trinajstić information content (AvgIpc) is 3.63. The third-order valence-electron chi connectivity index (χ3n) is 10.8. The second-order valence-corrected chi connectivity index (χ2v) is 13.8. The van der Waals surface area contributed by atoms with Crippen molar-refractivity contribution >= 4 is 27.5 Å². The highest BCUT2D eigenvalue weighted by molar-refractivity contribution is 6.01. The first-order valence-electron chi connectivity index (χ1n) is 16.4. The Kier molecular flexibility index (Phi) is 6.87. The van der Waals surface area contributed by atoms with Crippen LogP contribution in [0.2, 0.25) is 0 Å². The molecule has 4 aliphatic rings. The second kappa shape index (κ2) is 10.7. The molecule has 0 radical (unpaired) electrons. The van der Waals surface area contributed by atoms with Gasteiger partial charge in [-0.15, -0.1) is 0 Å². The van der Waals surface area contributed by atoms with Crippen LogP contribution in [0.15, 0.2) is 30.5 Å². The Bertz CT molecular complexity index is 1810. The van der Waals surface area contributed by atoms with Gasteiger partial charge in [0.25, 0.3) is 0 Å². The molecule has 0 saturated carbocycles. The van der Waals surface area contributed by atoms with Gasteiger partial charge in [0, 0.05) is 30.4 Å². The zero-order valence-electron chi connectivity index (χ0n) is 25.8. The number of aryl methyl sites for hydroxylation is 1. The Morgan fingerprint density at radius 1 is 1.11 bits per heavy atom. The molecule has 2 aromatic carbocycles. The maximum atomic E-state index is 16.9. The molecule has 2 aromatic heterocycles. The van der Waals surface area contributed by atoms with Crippen molar-refractivity contribution in [2.75, 3.05) is 24.6 Å². The van der Waals surface area contributed by atoms with Crippen LogP contribution in [0, 0.1) is 17.6 Å². The van der Waals surface area contributed by atoms with Gasteiger partial charge in [0.1, 0.15) is 35.2 Å². The maximum absolute atomic E-state index is 16.9. The lowest BCUT2D eigenvalue weighted by atomic mass is 9.92. The van der Waals surface area contributed by atoms with Crippen LogP contribution in [0.25, 0.3) is 32.9 Å². The maximum Gasteiger partial charge on any atom is 0.319 e. The number of rotatable bonds is 6. The van der Waals surface area contributed by atoms with Gasteiger partial charge >= 0.3 is 6.01 Å². The standard InChI is InChI=1S/C35H39F2N5O3/c1-3-25-28(36)8-5-20-11-23(43)14-26(29(20)25)31-30(37)32-27(16-38-31)33(42-21-6-7-22(42)13-24(44)12-21)40-34(39-32)45-18-35-9-4-10-41(35)17-19(2)15-35/h5,8,11,14,16,19,21-22,24,43-44H,3-4,6-7,9-10,12-13,15,17-18H2,1-2H3/t19-,21-,22+,24+,35+/m1/s1. The van der Waals surface area contributed by atoms with Crippen LogP contribution in [-0.2, 0) is 6.42 Å². The van der Waals surface area contributed by atoms with Gasteiger partial charge in [-0.25, -0.2) is 8.78 Å². The number of hydrogen-bond acceptors (Lipinski definition) is 8. The molecule has 4 aliphatic heterocycles. The lowest BCUT2D eigenvalue weighted by Gasteiger charge is -2.38. The van der Waals surface area contributed by atoms with E-state index < -0.39 is 5.82 Å². The van der Waals surface area contributed by atoms with Crippen LogP contribution in [-0.4, -0.2) is 73.5 Å². The van der Waals surface area contributed by atoms with E-state index in [9.17, 15) is 14.6 Å². The molecule has 0 amide bonds. The van der Waals surface area contributed by atoms with Crippen LogP contribution in [0.5, 0.6) is 11.8 Å². The summed E-state index contributed by atoms with van der Waals surface area (Å²) < 4.78 is 38.3. The molecule has 8 rings (SSSR count). The van der Waals surface area contributed by atoms with Gasteiger partial charge < -0.3 is 19.8 Å². The second-order valence-electron chi connectivity index (χ2n) is 13.8. The quantitative estimate of drug-likeness (QED) is 0.267. The summed E-state index contributed by atoms with van der Waals surface area (Å²) in [7, 11) is 0. The highest BCUT2D eigenvalue weighted by Crippen LogP contribution is 2.45. The summed E-state index contributed by atoms with van der Waals surface area (Å²) in [4.78, 5) is 18.9. The Morgan fingerprint density at radius 3 is 2.69 bits per heavy atom. The van der Waals surface area contributed by atoms with Gasteiger partial charge in [-0.05, 0) is 98.4 Å². The largest absolute Gasteiger partial charge is 0.508 e. The third kappa shape index (κ3) is 4.62. The lowest BCUT2D eigenvalue weighted by molar-refractivity contribution is 0.107. The predicted octanol–water partition coefficient (Wildman–Crippen LogP) is 6.14. The van der Waals surface area contributed by atoms with E-state index in [0.29, 0.717) is 64.9 Å². The van der Waals surface area contributed by atoms with Crippen molar-refractivity contribution in [2.24, 2.45) is 5.92 Å².